The lowest BCUT2D eigenvalue weighted by Crippen LogP contribution is -2.45. The number of amides is 1. The first-order chi connectivity index (χ1) is 15.9. The van der Waals surface area contributed by atoms with Crippen molar-refractivity contribution < 1.29 is 4.79 Å². The largest absolute Gasteiger partial charge is 0.284 e. The summed E-state index contributed by atoms with van der Waals surface area (Å²) in [7, 11) is 0. The molecule has 0 spiro atoms. The zero-order chi connectivity index (χ0) is 23.1. The van der Waals surface area contributed by atoms with E-state index in [1.807, 2.05) is 35.3 Å². The second kappa shape index (κ2) is 10.6. The Bertz CT molecular complexity index is 1070. The molecular weight excluding hydrogens is 514 g/mol. The van der Waals surface area contributed by atoms with Gasteiger partial charge in [0.2, 0.25) is 0 Å². The minimum atomic E-state index is -0.176. The van der Waals surface area contributed by atoms with Crippen LogP contribution in [0, 0.1) is 17.8 Å². The summed E-state index contributed by atoms with van der Waals surface area (Å²) >= 11 is 18.9. The molecule has 0 aromatic heterocycles. The van der Waals surface area contributed by atoms with Gasteiger partial charge in [-0.2, -0.15) is 5.10 Å². The summed E-state index contributed by atoms with van der Waals surface area (Å²) < 4.78 is 0. The molecule has 0 radical (unpaired) electrons. The van der Waals surface area contributed by atoms with Gasteiger partial charge in [0.25, 0.3) is 5.91 Å². The molecule has 2 aliphatic heterocycles. The maximum atomic E-state index is 13.5. The van der Waals surface area contributed by atoms with Crippen LogP contribution in [0.15, 0.2) is 47.6 Å². The maximum absolute atomic E-state index is 13.5. The number of anilines is 1. The number of carbonyl (C=O) groups excluding carboxylic acids is 1. The van der Waals surface area contributed by atoms with Crippen molar-refractivity contribution >= 4 is 64.5 Å². The van der Waals surface area contributed by atoms with Crippen LogP contribution in [0.5, 0.6) is 0 Å². The number of hydrogen-bond donors (Lipinski definition) is 1. The number of nitrogens with zero attached hydrogens (tertiary/aromatic N) is 3. The molecule has 34 heavy (non-hydrogen) atoms. The van der Waals surface area contributed by atoms with Crippen LogP contribution >= 0.6 is 47.2 Å². The number of fused-ring (bicyclic) bond motifs is 1. The molecule has 2 heterocycles. The Balaban J connectivity index is 0.00000274. The molecule has 5 rings (SSSR count). The monoisotopic (exact) mass is 540 g/mol. The highest BCUT2D eigenvalue weighted by molar-refractivity contribution is 6.41. The van der Waals surface area contributed by atoms with Crippen molar-refractivity contribution in [1.29, 1.82) is 0 Å². The highest BCUT2D eigenvalue weighted by Crippen LogP contribution is 2.44. The highest BCUT2D eigenvalue weighted by atomic mass is 35.5. The van der Waals surface area contributed by atoms with Gasteiger partial charge in [0, 0.05) is 29.1 Å². The number of nitrogens with one attached hydrogen (secondary N) is 1. The molecule has 3 aliphatic rings. The van der Waals surface area contributed by atoms with Gasteiger partial charge in [-0.05, 0) is 67.0 Å². The molecule has 2 fully saturated rings. The van der Waals surface area contributed by atoms with E-state index in [9.17, 15) is 4.79 Å². The third-order valence-corrected chi connectivity index (χ3v) is 8.03. The van der Waals surface area contributed by atoms with Gasteiger partial charge in [0.15, 0.2) is 0 Å². The zero-order valence-corrected chi connectivity index (χ0v) is 22.0. The molecule has 182 valence electrons. The van der Waals surface area contributed by atoms with E-state index < -0.39 is 0 Å². The third kappa shape index (κ3) is 4.91. The van der Waals surface area contributed by atoms with Crippen molar-refractivity contribution in [3.63, 3.8) is 0 Å². The minimum absolute atomic E-state index is 0. The van der Waals surface area contributed by atoms with Crippen molar-refractivity contribution in [2.75, 3.05) is 18.1 Å². The predicted molar refractivity (Wildman–Crippen MR) is 142 cm³/mol. The second-order valence-electron chi connectivity index (χ2n) is 9.23. The van der Waals surface area contributed by atoms with Crippen molar-refractivity contribution in [3.05, 3.63) is 63.1 Å². The van der Waals surface area contributed by atoms with E-state index in [-0.39, 0.29) is 30.3 Å². The van der Waals surface area contributed by atoms with E-state index in [0.29, 0.717) is 32.6 Å². The van der Waals surface area contributed by atoms with Crippen LogP contribution in [-0.2, 0) is 4.79 Å². The minimum Gasteiger partial charge on any atom is -0.284 e. The lowest BCUT2D eigenvalue weighted by Gasteiger charge is -2.29. The van der Waals surface area contributed by atoms with Gasteiger partial charge in [0.1, 0.15) is 5.71 Å². The Hall–Kier alpha value is -1.50. The average molecular weight is 542 g/mol. The first-order valence-electron chi connectivity index (χ1n) is 11.6. The van der Waals surface area contributed by atoms with Gasteiger partial charge in [-0.15, -0.1) is 12.4 Å². The van der Waals surface area contributed by atoms with Crippen LogP contribution in [0.4, 0.5) is 5.69 Å². The SMILES string of the molecule is CC[C@H]1C(C(=O)NN2CC3CCCC3C2)=NN(c2ccc(Cl)cc2Cl)[C@@H]1c1ccc(Cl)cc1.Cl. The highest BCUT2D eigenvalue weighted by Gasteiger charge is 2.43. The Kier molecular flexibility index (Phi) is 8.00. The topological polar surface area (TPSA) is 47.9 Å². The summed E-state index contributed by atoms with van der Waals surface area (Å²) in [5.74, 6) is 1.17. The van der Waals surface area contributed by atoms with Crippen molar-refractivity contribution in [3.8, 4) is 0 Å². The molecule has 2 unspecified atom stereocenters. The summed E-state index contributed by atoms with van der Waals surface area (Å²) in [6.45, 7) is 3.94. The molecule has 0 bridgehead atoms. The Labute approximate surface area is 221 Å². The molecule has 1 aliphatic carbocycles. The summed E-state index contributed by atoms with van der Waals surface area (Å²) in [6.07, 6.45) is 4.59. The molecule has 1 amide bonds. The number of hydrazine groups is 1. The van der Waals surface area contributed by atoms with Crippen LogP contribution in [0.1, 0.15) is 44.2 Å². The Morgan fingerprint density at radius 2 is 1.68 bits per heavy atom. The van der Waals surface area contributed by atoms with Crippen LogP contribution in [0.3, 0.4) is 0 Å². The first-order valence-corrected chi connectivity index (χ1v) is 12.7. The second-order valence-corrected chi connectivity index (χ2v) is 10.5. The Morgan fingerprint density at radius 3 is 2.29 bits per heavy atom. The average Bonchev–Trinajstić information content (AvgIpc) is 3.47. The lowest BCUT2D eigenvalue weighted by atomic mass is 9.87. The van der Waals surface area contributed by atoms with Crippen LogP contribution in [-0.4, -0.2) is 29.7 Å². The quantitative estimate of drug-likeness (QED) is 0.454. The summed E-state index contributed by atoms with van der Waals surface area (Å²) in [6, 6.07) is 12.9. The van der Waals surface area contributed by atoms with E-state index in [1.165, 1.54) is 19.3 Å². The Morgan fingerprint density at radius 1 is 1.03 bits per heavy atom. The van der Waals surface area contributed by atoms with Gasteiger partial charge in [-0.3, -0.25) is 15.2 Å². The number of hydrogen-bond acceptors (Lipinski definition) is 4. The van der Waals surface area contributed by atoms with Crippen molar-refractivity contribution in [2.24, 2.45) is 22.9 Å². The van der Waals surface area contributed by atoms with Crippen molar-refractivity contribution in [1.82, 2.24) is 10.4 Å². The first kappa shape index (κ1) is 25.6. The smallest absolute Gasteiger partial charge is 0.282 e. The summed E-state index contributed by atoms with van der Waals surface area (Å²) in [4.78, 5) is 13.5. The van der Waals surface area contributed by atoms with E-state index in [1.54, 1.807) is 12.1 Å². The van der Waals surface area contributed by atoms with Crippen LogP contribution in [0.25, 0.3) is 0 Å². The number of carbonyl (C=O) groups is 1. The van der Waals surface area contributed by atoms with Gasteiger partial charge in [-0.1, -0.05) is 60.3 Å². The number of rotatable bonds is 5. The number of hydrazone groups is 1. The molecule has 5 nitrogen and oxygen atoms in total. The fourth-order valence-corrected chi connectivity index (χ4v) is 6.26. The summed E-state index contributed by atoms with van der Waals surface area (Å²) in [5, 5.41) is 10.5. The molecule has 9 heteroatoms. The van der Waals surface area contributed by atoms with E-state index in [0.717, 1.165) is 30.8 Å². The number of halogens is 4. The maximum Gasteiger partial charge on any atom is 0.282 e. The lowest BCUT2D eigenvalue weighted by molar-refractivity contribution is -0.119. The van der Waals surface area contributed by atoms with Gasteiger partial charge in [-0.25, -0.2) is 5.01 Å². The molecule has 1 N–H and O–H groups in total. The molecule has 4 atom stereocenters. The fourth-order valence-electron chi connectivity index (χ4n) is 5.63. The van der Waals surface area contributed by atoms with E-state index in [4.69, 9.17) is 39.9 Å². The van der Waals surface area contributed by atoms with Crippen molar-refractivity contribution in [2.45, 2.75) is 38.6 Å². The number of benzene rings is 2. The standard InChI is InChI=1S/C25H27Cl3N4O.ClH/c1-2-20-23(25(33)30-31-13-16-4-3-5-17(16)14-31)29-32(22-11-10-19(27)12-21(22)28)24(20)15-6-8-18(26)9-7-15;/h6-12,16-17,20,24H,2-5,13-14H2,1H3,(H,30,33);1H/t16?,17?,20-,24+;/m0./s1. The fraction of sp³-hybridized carbons (Fsp3) is 0.440. The van der Waals surface area contributed by atoms with Gasteiger partial charge in [0.05, 0.1) is 16.8 Å². The van der Waals surface area contributed by atoms with E-state index >= 15 is 0 Å². The summed E-state index contributed by atoms with van der Waals surface area (Å²) in [5.41, 5.74) is 5.43. The zero-order valence-electron chi connectivity index (χ0n) is 18.9. The van der Waals surface area contributed by atoms with Gasteiger partial charge >= 0.3 is 0 Å². The molecule has 2 aromatic rings. The molecule has 2 aromatic carbocycles. The van der Waals surface area contributed by atoms with Crippen LogP contribution in [0.2, 0.25) is 15.1 Å². The predicted octanol–water partition coefficient (Wildman–Crippen LogP) is 6.78. The van der Waals surface area contributed by atoms with Crippen LogP contribution < -0.4 is 10.4 Å². The van der Waals surface area contributed by atoms with E-state index in [2.05, 4.69) is 17.4 Å². The third-order valence-electron chi connectivity index (χ3n) is 7.24. The molecular formula is C25H28Cl4N4O. The normalized spacial score (nSPS) is 26.2. The molecule has 1 saturated heterocycles. The van der Waals surface area contributed by atoms with Gasteiger partial charge < -0.3 is 0 Å². The molecule has 1 saturated carbocycles.